The molecule has 1 amide bonds. The quantitative estimate of drug-likeness (QED) is 0.881. The van der Waals surface area contributed by atoms with Crippen LogP contribution in [-0.2, 0) is 4.74 Å². The highest BCUT2D eigenvalue weighted by Crippen LogP contribution is 2.24. The van der Waals surface area contributed by atoms with E-state index in [9.17, 15) is 9.59 Å². The average molecular weight is 289 g/mol. The lowest BCUT2D eigenvalue weighted by molar-refractivity contribution is 0.0607. The number of anilines is 1. The van der Waals surface area contributed by atoms with E-state index in [1.807, 2.05) is 26.0 Å². The number of benzene rings is 1. The summed E-state index contributed by atoms with van der Waals surface area (Å²) in [5.41, 5.74) is 3.23. The Balaban J connectivity index is 2.22. The molecule has 0 unspecified atom stereocenters. The summed E-state index contributed by atoms with van der Waals surface area (Å²) in [6.07, 6.45) is 0. The molecule has 0 radical (unpaired) electrons. The van der Waals surface area contributed by atoms with Gasteiger partial charge in [0.1, 0.15) is 4.88 Å². The van der Waals surface area contributed by atoms with Gasteiger partial charge in [0.25, 0.3) is 5.91 Å². The molecule has 0 saturated carbocycles. The minimum atomic E-state index is -0.449. The maximum atomic E-state index is 12.2. The summed E-state index contributed by atoms with van der Waals surface area (Å²) in [5, 5.41) is 4.48. The highest BCUT2D eigenvalue weighted by molar-refractivity contribution is 7.12. The van der Waals surface area contributed by atoms with E-state index in [1.54, 1.807) is 17.5 Å². The molecule has 5 heteroatoms. The van der Waals surface area contributed by atoms with E-state index in [4.69, 9.17) is 0 Å². The fraction of sp³-hybridized carbons (Fsp3) is 0.200. The van der Waals surface area contributed by atoms with Gasteiger partial charge in [0, 0.05) is 5.56 Å². The van der Waals surface area contributed by atoms with Gasteiger partial charge in [0.05, 0.1) is 12.8 Å². The lowest BCUT2D eigenvalue weighted by atomic mass is 10.1. The normalized spacial score (nSPS) is 10.2. The molecule has 0 saturated heterocycles. The van der Waals surface area contributed by atoms with Crippen LogP contribution in [-0.4, -0.2) is 19.0 Å². The Hall–Kier alpha value is -2.14. The summed E-state index contributed by atoms with van der Waals surface area (Å²) >= 11 is 1.24. The number of methoxy groups -OCH3 is 1. The predicted octanol–water partition coefficient (Wildman–Crippen LogP) is 3.40. The van der Waals surface area contributed by atoms with Gasteiger partial charge in [-0.15, -0.1) is 11.3 Å². The highest BCUT2D eigenvalue weighted by Gasteiger charge is 2.16. The lowest BCUT2D eigenvalue weighted by Crippen LogP contribution is -2.14. The van der Waals surface area contributed by atoms with Crippen molar-refractivity contribution in [2.75, 3.05) is 12.4 Å². The molecule has 1 heterocycles. The number of rotatable bonds is 3. The number of hydrogen-bond donors (Lipinski definition) is 1. The second-order valence-corrected chi connectivity index (χ2v) is 5.32. The maximum Gasteiger partial charge on any atom is 0.350 e. The maximum absolute atomic E-state index is 12.2. The van der Waals surface area contributed by atoms with Crippen LogP contribution in [0.4, 0.5) is 5.69 Å². The molecule has 1 aromatic heterocycles. The van der Waals surface area contributed by atoms with Crippen molar-refractivity contribution in [2.45, 2.75) is 13.8 Å². The Labute approximate surface area is 121 Å². The third-order valence-electron chi connectivity index (χ3n) is 3.05. The first kappa shape index (κ1) is 14.3. The zero-order valence-corrected chi connectivity index (χ0v) is 12.3. The van der Waals surface area contributed by atoms with E-state index < -0.39 is 5.97 Å². The van der Waals surface area contributed by atoms with Gasteiger partial charge in [-0.25, -0.2) is 4.79 Å². The summed E-state index contributed by atoms with van der Waals surface area (Å²) in [7, 11) is 1.32. The Morgan fingerprint density at radius 3 is 2.55 bits per heavy atom. The molecule has 104 valence electrons. The monoisotopic (exact) mass is 289 g/mol. The third-order valence-corrected chi connectivity index (χ3v) is 3.95. The largest absolute Gasteiger partial charge is 0.465 e. The molecule has 0 aliphatic carbocycles. The number of carbonyl (C=O) groups is 2. The van der Waals surface area contributed by atoms with Crippen LogP contribution in [0, 0.1) is 13.8 Å². The second kappa shape index (κ2) is 5.88. The van der Waals surface area contributed by atoms with Crippen molar-refractivity contribution in [2.24, 2.45) is 0 Å². The Kier molecular flexibility index (Phi) is 4.20. The molecule has 2 aromatic rings. The molecule has 0 aliphatic heterocycles. The van der Waals surface area contributed by atoms with Crippen LogP contribution in [0.3, 0.4) is 0 Å². The first-order valence-electron chi connectivity index (χ1n) is 6.07. The van der Waals surface area contributed by atoms with Gasteiger partial charge in [-0.05, 0) is 48.6 Å². The van der Waals surface area contributed by atoms with Gasteiger partial charge in [0.2, 0.25) is 0 Å². The molecule has 0 bridgehead atoms. The fourth-order valence-corrected chi connectivity index (χ4v) is 2.50. The van der Waals surface area contributed by atoms with Gasteiger partial charge in [-0.2, -0.15) is 0 Å². The van der Waals surface area contributed by atoms with E-state index in [0.29, 0.717) is 16.1 Å². The van der Waals surface area contributed by atoms with Crippen LogP contribution < -0.4 is 5.32 Å². The summed E-state index contributed by atoms with van der Waals surface area (Å²) < 4.78 is 4.68. The molecule has 2 rings (SSSR count). The topological polar surface area (TPSA) is 55.4 Å². The summed E-state index contributed by atoms with van der Waals surface area (Å²) in [6.45, 7) is 3.95. The van der Waals surface area contributed by atoms with Crippen LogP contribution >= 0.6 is 11.3 Å². The molecular formula is C15H15NO3S. The Morgan fingerprint density at radius 2 is 1.90 bits per heavy atom. The van der Waals surface area contributed by atoms with E-state index in [-0.39, 0.29) is 5.91 Å². The molecule has 0 spiro atoms. The molecule has 0 atom stereocenters. The van der Waals surface area contributed by atoms with E-state index >= 15 is 0 Å². The average Bonchev–Trinajstić information content (AvgIpc) is 2.89. The number of esters is 1. The highest BCUT2D eigenvalue weighted by atomic mass is 32.1. The van der Waals surface area contributed by atoms with Crippen molar-refractivity contribution in [1.29, 1.82) is 0 Å². The van der Waals surface area contributed by atoms with Crippen molar-refractivity contribution in [3.05, 3.63) is 51.2 Å². The molecule has 1 N–H and O–H groups in total. The minimum Gasteiger partial charge on any atom is -0.465 e. The molecule has 4 nitrogen and oxygen atoms in total. The van der Waals surface area contributed by atoms with Crippen molar-refractivity contribution in [1.82, 2.24) is 0 Å². The number of hydrogen-bond acceptors (Lipinski definition) is 4. The van der Waals surface area contributed by atoms with Gasteiger partial charge in [-0.3, -0.25) is 4.79 Å². The SMILES string of the molecule is COC(=O)c1sccc1NC(=O)c1ccc(C)c(C)c1. The molecule has 0 aliphatic rings. The lowest BCUT2D eigenvalue weighted by Gasteiger charge is -2.07. The number of carbonyl (C=O) groups excluding carboxylic acids is 2. The Bertz CT molecular complexity index is 661. The number of amides is 1. The smallest absolute Gasteiger partial charge is 0.350 e. The molecule has 1 aromatic carbocycles. The van der Waals surface area contributed by atoms with Gasteiger partial charge in [0.15, 0.2) is 0 Å². The van der Waals surface area contributed by atoms with Crippen molar-refractivity contribution in [3.8, 4) is 0 Å². The van der Waals surface area contributed by atoms with Crippen molar-refractivity contribution >= 4 is 28.9 Å². The van der Waals surface area contributed by atoms with Crippen LogP contribution in [0.25, 0.3) is 0 Å². The van der Waals surface area contributed by atoms with Crippen LogP contribution in [0.1, 0.15) is 31.2 Å². The van der Waals surface area contributed by atoms with E-state index in [2.05, 4.69) is 10.1 Å². The summed E-state index contributed by atoms with van der Waals surface area (Å²) in [4.78, 5) is 24.1. The first-order chi connectivity index (χ1) is 9.52. The van der Waals surface area contributed by atoms with Crippen LogP contribution in [0.15, 0.2) is 29.6 Å². The zero-order chi connectivity index (χ0) is 14.7. The van der Waals surface area contributed by atoms with E-state index in [0.717, 1.165) is 11.1 Å². The van der Waals surface area contributed by atoms with Gasteiger partial charge >= 0.3 is 5.97 Å². The standard InChI is InChI=1S/C15H15NO3S/c1-9-4-5-11(8-10(9)2)14(17)16-12-6-7-20-13(12)15(18)19-3/h4-8H,1-3H3,(H,16,17). The summed E-state index contributed by atoms with van der Waals surface area (Å²) in [6, 6.07) is 7.19. The zero-order valence-electron chi connectivity index (χ0n) is 11.5. The number of aryl methyl sites for hydroxylation is 2. The van der Waals surface area contributed by atoms with Crippen molar-refractivity contribution < 1.29 is 14.3 Å². The fourth-order valence-electron chi connectivity index (χ4n) is 1.74. The number of nitrogens with one attached hydrogen (secondary N) is 1. The number of thiophene rings is 1. The van der Waals surface area contributed by atoms with Crippen LogP contribution in [0.2, 0.25) is 0 Å². The summed E-state index contributed by atoms with van der Waals surface area (Å²) in [5.74, 6) is -0.688. The van der Waals surface area contributed by atoms with Gasteiger partial charge in [-0.1, -0.05) is 6.07 Å². The molecular weight excluding hydrogens is 274 g/mol. The first-order valence-corrected chi connectivity index (χ1v) is 6.95. The third kappa shape index (κ3) is 2.88. The Morgan fingerprint density at radius 1 is 1.15 bits per heavy atom. The molecule has 20 heavy (non-hydrogen) atoms. The molecule has 0 fully saturated rings. The van der Waals surface area contributed by atoms with Crippen LogP contribution in [0.5, 0.6) is 0 Å². The second-order valence-electron chi connectivity index (χ2n) is 4.41. The minimum absolute atomic E-state index is 0.239. The number of ether oxygens (including phenoxy) is 1. The predicted molar refractivity (Wildman–Crippen MR) is 79.5 cm³/mol. The van der Waals surface area contributed by atoms with E-state index in [1.165, 1.54) is 18.4 Å². The van der Waals surface area contributed by atoms with Gasteiger partial charge < -0.3 is 10.1 Å². The van der Waals surface area contributed by atoms with Crippen molar-refractivity contribution in [3.63, 3.8) is 0 Å².